The summed E-state index contributed by atoms with van der Waals surface area (Å²) >= 11 is 0. The van der Waals surface area contributed by atoms with Gasteiger partial charge >= 0.3 is 0 Å². The first-order chi connectivity index (χ1) is 6.66. The fourth-order valence-electron chi connectivity index (χ4n) is 1.22. The number of nitrogens with zero attached hydrogens (tertiary/aromatic N) is 4. The molecule has 14 heavy (non-hydrogen) atoms. The number of aromatic amines is 1. The third-order valence-corrected chi connectivity index (χ3v) is 1.89. The zero-order valence-corrected chi connectivity index (χ0v) is 8.69. The van der Waals surface area contributed by atoms with E-state index in [2.05, 4.69) is 20.6 Å². The van der Waals surface area contributed by atoms with E-state index in [1.165, 1.54) is 0 Å². The first kappa shape index (κ1) is 10.6. The van der Waals surface area contributed by atoms with Gasteiger partial charge in [-0.15, -0.1) is 10.2 Å². The Labute approximate surface area is 82.7 Å². The van der Waals surface area contributed by atoms with Crippen LogP contribution >= 0.6 is 0 Å². The van der Waals surface area contributed by atoms with E-state index in [0.717, 1.165) is 6.42 Å². The Morgan fingerprint density at radius 1 is 1.57 bits per heavy atom. The molecule has 0 fully saturated rings. The Bertz CT molecular complexity index is 282. The lowest BCUT2D eigenvalue weighted by Gasteiger charge is -2.24. The molecule has 0 spiro atoms. The topological polar surface area (TPSA) is 74.8 Å². The van der Waals surface area contributed by atoms with Crippen molar-refractivity contribution in [2.24, 2.45) is 0 Å². The molecule has 1 heterocycles. The van der Waals surface area contributed by atoms with Gasteiger partial charge in [0, 0.05) is 12.6 Å². The number of H-pyrrole nitrogens is 1. The third-order valence-electron chi connectivity index (χ3n) is 1.89. The molecule has 1 N–H and O–H groups in total. The largest absolute Gasteiger partial charge is 0.333 e. The summed E-state index contributed by atoms with van der Waals surface area (Å²) in [6, 6.07) is 0.154. The summed E-state index contributed by atoms with van der Waals surface area (Å²) in [6.07, 6.45) is 0.918. The monoisotopic (exact) mass is 197 g/mol. The first-order valence-electron chi connectivity index (χ1n) is 4.71. The van der Waals surface area contributed by atoms with Crippen molar-refractivity contribution in [3.05, 3.63) is 5.82 Å². The van der Waals surface area contributed by atoms with Crippen LogP contribution in [0.4, 0.5) is 0 Å². The van der Waals surface area contributed by atoms with Crippen molar-refractivity contribution in [2.45, 2.75) is 33.2 Å². The Hall–Kier alpha value is -1.46. The van der Waals surface area contributed by atoms with E-state index in [4.69, 9.17) is 0 Å². The van der Waals surface area contributed by atoms with Crippen LogP contribution in [0.15, 0.2) is 0 Å². The Balaban J connectivity index is 2.74. The molecule has 6 nitrogen and oxygen atoms in total. The van der Waals surface area contributed by atoms with Crippen molar-refractivity contribution in [3.63, 3.8) is 0 Å². The smallest absolute Gasteiger partial charge is 0.295 e. The molecule has 0 aliphatic heterocycles. The third kappa shape index (κ3) is 2.27. The molecule has 6 heteroatoms. The molecule has 0 radical (unpaired) electrons. The van der Waals surface area contributed by atoms with E-state index in [1.54, 1.807) is 4.90 Å². The number of nitrogens with one attached hydrogen (secondary N) is 1. The normalized spacial score (nSPS) is 10.6. The zero-order valence-electron chi connectivity index (χ0n) is 8.69. The van der Waals surface area contributed by atoms with Gasteiger partial charge in [0.2, 0.25) is 0 Å². The summed E-state index contributed by atoms with van der Waals surface area (Å²) in [5, 5.41) is 13.0. The molecule has 0 unspecified atom stereocenters. The summed E-state index contributed by atoms with van der Waals surface area (Å²) in [4.78, 5) is 13.5. The van der Waals surface area contributed by atoms with Crippen molar-refractivity contribution in [3.8, 4) is 0 Å². The van der Waals surface area contributed by atoms with Crippen LogP contribution in [-0.2, 0) is 0 Å². The molecule has 0 bridgehead atoms. The minimum atomic E-state index is -0.171. The fourth-order valence-corrected chi connectivity index (χ4v) is 1.22. The SMILES string of the molecule is CCCN(C(=O)c1nn[nH]n1)C(C)C. The van der Waals surface area contributed by atoms with Crippen molar-refractivity contribution in [1.82, 2.24) is 25.5 Å². The van der Waals surface area contributed by atoms with E-state index in [1.807, 2.05) is 20.8 Å². The van der Waals surface area contributed by atoms with Crippen LogP contribution in [0.5, 0.6) is 0 Å². The summed E-state index contributed by atoms with van der Waals surface area (Å²) in [7, 11) is 0. The highest BCUT2D eigenvalue weighted by Gasteiger charge is 2.21. The molecule has 1 aromatic heterocycles. The first-order valence-corrected chi connectivity index (χ1v) is 4.71. The lowest BCUT2D eigenvalue weighted by atomic mass is 10.3. The van der Waals surface area contributed by atoms with Crippen LogP contribution in [0.25, 0.3) is 0 Å². The van der Waals surface area contributed by atoms with Gasteiger partial charge in [0.1, 0.15) is 0 Å². The predicted molar refractivity (Wildman–Crippen MR) is 50.6 cm³/mol. The number of tetrazole rings is 1. The van der Waals surface area contributed by atoms with E-state index in [-0.39, 0.29) is 17.8 Å². The summed E-state index contributed by atoms with van der Waals surface area (Å²) in [6.45, 7) is 6.67. The molecule has 0 saturated carbocycles. The molecule has 1 aromatic rings. The molecule has 0 aliphatic carbocycles. The van der Waals surface area contributed by atoms with E-state index in [9.17, 15) is 4.79 Å². The highest BCUT2D eigenvalue weighted by molar-refractivity contribution is 5.90. The van der Waals surface area contributed by atoms with Crippen molar-refractivity contribution in [2.75, 3.05) is 6.54 Å². The van der Waals surface area contributed by atoms with Crippen LogP contribution in [0.2, 0.25) is 0 Å². The van der Waals surface area contributed by atoms with Crippen LogP contribution < -0.4 is 0 Å². The maximum atomic E-state index is 11.8. The van der Waals surface area contributed by atoms with Crippen LogP contribution in [0, 0.1) is 0 Å². The Morgan fingerprint density at radius 2 is 2.29 bits per heavy atom. The molecule has 0 saturated heterocycles. The Morgan fingerprint density at radius 3 is 2.71 bits per heavy atom. The maximum absolute atomic E-state index is 11.8. The molecule has 0 aromatic carbocycles. The van der Waals surface area contributed by atoms with Crippen LogP contribution in [0.1, 0.15) is 37.8 Å². The number of carbonyl (C=O) groups excluding carboxylic acids is 1. The second kappa shape index (κ2) is 4.69. The lowest BCUT2D eigenvalue weighted by molar-refractivity contribution is 0.0693. The predicted octanol–water partition coefficient (Wildman–Crippen LogP) is 0.460. The molecule has 0 aliphatic rings. The average Bonchev–Trinajstić information content (AvgIpc) is 2.65. The van der Waals surface area contributed by atoms with Crippen molar-refractivity contribution < 1.29 is 4.79 Å². The van der Waals surface area contributed by atoms with Gasteiger partial charge < -0.3 is 4.90 Å². The number of hydrogen-bond acceptors (Lipinski definition) is 4. The number of hydrogen-bond donors (Lipinski definition) is 1. The number of rotatable bonds is 4. The van der Waals surface area contributed by atoms with Gasteiger partial charge in [-0.1, -0.05) is 6.92 Å². The lowest BCUT2D eigenvalue weighted by Crippen LogP contribution is -2.38. The van der Waals surface area contributed by atoms with Gasteiger partial charge in [0.15, 0.2) is 0 Å². The van der Waals surface area contributed by atoms with E-state index >= 15 is 0 Å². The van der Waals surface area contributed by atoms with E-state index in [0.29, 0.717) is 6.54 Å². The zero-order chi connectivity index (χ0) is 10.6. The average molecular weight is 197 g/mol. The second-order valence-corrected chi connectivity index (χ2v) is 3.33. The second-order valence-electron chi connectivity index (χ2n) is 3.33. The van der Waals surface area contributed by atoms with Crippen molar-refractivity contribution >= 4 is 5.91 Å². The molecular formula is C8H15N5O. The van der Waals surface area contributed by atoms with Crippen LogP contribution in [0.3, 0.4) is 0 Å². The quantitative estimate of drug-likeness (QED) is 0.760. The van der Waals surface area contributed by atoms with Gasteiger partial charge in [0.05, 0.1) is 0 Å². The molecule has 0 atom stereocenters. The number of carbonyl (C=O) groups is 1. The minimum absolute atomic E-state index is 0.132. The Kier molecular flexibility index (Phi) is 3.55. The fraction of sp³-hybridized carbons (Fsp3) is 0.750. The summed E-state index contributed by atoms with van der Waals surface area (Å²) in [5.74, 6) is -0.0391. The minimum Gasteiger partial charge on any atom is -0.333 e. The standard InChI is InChI=1S/C8H15N5O/c1-4-5-13(6(2)3)8(14)7-9-11-12-10-7/h6H,4-5H2,1-3H3,(H,9,10,11,12). The van der Waals surface area contributed by atoms with E-state index < -0.39 is 0 Å². The molecular weight excluding hydrogens is 182 g/mol. The molecule has 1 amide bonds. The summed E-state index contributed by atoms with van der Waals surface area (Å²) in [5.41, 5.74) is 0. The number of aromatic nitrogens is 4. The highest BCUT2D eigenvalue weighted by atomic mass is 16.2. The van der Waals surface area contributed by atoms with Gasteiger partial charge in [0.25, 0.3) is 11.7 Å². The highest BCUT2D eigenvalue weighted by Crippen LogP contribution is 2.04. The van der Waals surface area contributed by atoms with Gasteiger partial charge in [-0.25, -0.2) is 0 Å². The van der Waals surface area contributed by atoms with Gasteiger partial charge in [-0.05, 0) is 25.5 Å². The summed E-state index contributed by atoms with van der Waals surface area (Å²) < 4.78 is 0. The van der Waals surface area contributed by atoms with Crippen molar-refractivity contribution in [1.29, 1.82) is 0 Å². The number of amides is 1. The van der Waals surface area contributed by atoms with Gasteiger partial charge in [-0.2, -0.15) is 5.21 Å². The van der Waals surface area contributed by atoms with Gasteiger partial charge in [-0.3, -0.25) is 4.79 Å². The molecule has 1 rings (SSSR count). The molecule has 78 valence electrons. The van der Waals surface area contributed by atoms with Crippen LogP contribution in [-0.4, -0.2) is 44.0 Å². The maximum Gasteiger partial charge on any atom is 0.295 e.